The van der Waals surface area contributed by atoms with Crippen LogP contribution in [-0.2, 0) is 4.79 Å². The van der Waals surface area contributed by atoms with Crippen molar-refractivity contribution in [1.82, 2.24) is 4.98 Å². The van der Waals surface area contributed by atoms with Crippen LogP contribution in [-0.4, -0.2) is 25.1 Å². The van der Waals surface area contributed by atoms with E-state index in [1.807, 2.05) is 37.3 Å². The van der Waals surface area contributed by atoms with Crippen molar-refractivity contribution in [1.29, 1.82) is 0 Å². The second kappa shape index (κ2) is 9.43. The first-order chi connectivity index (χ1) is 13.9. The number of thiazole rings is 1. The van der Waals surface area contributed by atoms with Gasteiger partial charge in [0, 0.05) is 21.5 Å². The lowest BCUT2D eigenvalue weighted by atomic mass is 10.1. The third-order valence-electron chi connectivity index (χ3n) is 4.01. The van der Waals surface area contributed by atoms with Gasteiger partial charge >= 0.3 is 0 Å². The van der Waals surface area contributed by atoms with Crippen molar-refractivity contribution < 1.29 is 14.3 Å². The Hall–Kier alpha value is -2.35. The van der Waals surface area contributed by atoms with Crippen molar-refractivity contribution in [2.75, 3.05) is 19.5 Å². The second-order valence-corrected chi connectivity index (χ2v) is 8.49. The van der Waals surface area contributed by atoms with Crippen LogP contribution in [0.3, 0.4) is 0 Å². The van der Waals surface area contributed by atoms with Gasteiger partial charge < -0.3 is 9.47 Å². The van der Waals surface area contributed by atoms with Crippen molar-refractivity contribution in [3.8, 4) is 22.8 Å². The number of aromatic nitrogens is 1. The maximum absolute atomic E-state index is 12.3. The zero-order valence-corrected chi connectivity index (χ0v) is 19.1. The molecule has 0 saturated carbocycles. The number of anilines is 1. The number of hydrogen-bond donors (Lipinski definition) is 1. The lowest BCUT2D eigenvalue weighted by Crippen LogP contribution is -2.07. The summed E-state index contributed by atoms with van der Waals surface area (Å²) in [6.07, 6.45) is 3.14. The van der Waals surface area contributed by atoms with E-state index in [0.29, 0.717) is 21.7 Å². The number of carbonyl (C=O) groups is 1. The Labute approximate surface area is 186 Å². The van der Waals surface area contributed by atoms with Crippen molar-refractivity contribution >= 4 is 56.0 Å². The zero-order chi connectivity index (χ0) is 21.0. The second-order valence-electron chi connectivity index (χ2n) is 5.99. The molecule has 3 rings (SSSR count). The Balaban J connectivity index is 1.75. The number of nitrogens with one attached hydrogen (secondary N) is 1. The summed E-state index contributed by atoms with van der Waals surface area (Å²) >= 11 is 10.9. The van der Waals surface area contributed by atoms with E-state index in [4.69, 9.17) is 21.1 Å². The number of benzene rings is 2. The van der Waals surface area contributed by atoms with E-state index in [9.17, 15) is 4.79 Å². The molecule has 1 N–H and O–H groups in total. The standard InChI is InChI=1S/C21H18BrClN2O3S/c1-12-19(14-5-4-6-15(23)11-14)25-21(29-12)24-18(26)8-7-13-9-16(22)20(28-3)17(10-13)27-2/h4-11H,1-3H3,(H,24,25,26). The average Bonchev–Trinajstić information content (AvgIpc) is 3.05. The van der Waals surface area contributed by atoms with Gasteiger partial charge in [0.2, 0.25) is 5.91 Å². The monoisotopic (exact) mass is 492 g/mol. The lowest BCUT2D eigenvalue weighted by molar-refractivity contribution is -0.111. The molecule has 1 aromatic heterocycles. The quantitative estimate of drug-likeness (QED) is 0.415. The minimum absolute atomic E-state index is 0.276. The molecule has 0 aliphatic rings. The average molecular weight is 494 g/mol. The van der Waals surface area contributed by atoms with E-state index >= 15 is 0 Å². The molecule has 0 saturated heterocycles. The van der Waals surface area contributed by atoms with Gasteiger partial charge in [-0.3, -0.25) is 10.1 Å². The van der Waals surface area contributed by atoms with Gasteiger partial charge in [-0.2, -0.15) is 0 Å². The van der Waals surface area contributed by atoms with Crippen LogP contribution in [0, 0.1) is 6.92 Å². The molecule has 8 heteroatoms. The van der Waals surface area contributed by atoms with Gasteiger partial charge in [0.1, 0.15) is 0 Å². The minimum atomic E-state index is -0.276. The maximum atomic E-state index is 12.3. The highest BCUT2D eigenvalue weighted by atomic mass is 79.9. The van der Waals surface area contributed by atoms with Crippen LogP contribution in [0.1, 0.15) is 10.4 Å². The molecule has 0 unspecified atom stereocenters. The fourth-order valence-corrected chi connectivity index (χ4v) is 4.36. The highest BCUT2D eigenvalue weighted by Gasteiger charge is 2.12. The van der Waals surface area contributed by atoms with Gasteiger partial charge in [-0.1, -0.05) is 23.7 Å². The first-order valence-corrected chi connectivity index (χ1v) is 10.5. The fourth-order valence-electron chi connectivity index (χ4n) is 2.71. The number of ether oxygens (including phenoxy) is 2. The summed E-state index contributed by atoms with van der Waals surface area (Å²) < 4.78 is 11.4. The van der Waals surface area contributed by atoms with Gasteiger partial charge in [0.05, 0.1) is 24.4 Å². The Morgan fingerprint density at radius 1 is 1.24 bits per heavy atom. The van der Waals surface area contributed by atoms with Crippen LogP contribution in [0.25, 0.3) is 17.3 Å². The summed E-state index contributed by atoms with van der Waals surface area (Å²) in [7, 11) is 3.13. The SMILES string of the molecule is COc1cc(C=CC(=O)Nc2nc(-c3cccc(Cl)c3)c(C)s2)cc(Br)c1OC. The van der Waals surface area contributed by atoms with Crippen molar-refractivity contribution in [3.05, 3.63) is 62.4 Å². The Morgan fingerprint density at radius 2 is 2.03 bits per heavy atom. The Kier molecular flexibility index (Phi) is 6.95. The van der Waals surface area contributed by atoms with Gasteiger partial charge in [-0.25, -0.2) is 4.98 Å². The molecule has 0 fully saturated rings. The highest BCUT2D eigenvalue weighted by molar-refractivity contribution is 9.10. The summed E-state index contributed by atoms with van der Waals surface area (Å²) in [4.78, 5) is 17.9. The molecule has 150 valence electrons. The van der Waals surface area contributed by atoms with Gasteiger partial charge in [0.15, 0.2) is 16.6 Å². The Bertz CT molecular complexity index is 1080. The zero-order valence-electron chi connectivity index (χ0n) is 16.0. The summed E-state index contributed by atoms with van der Waals surface area (Å²) in [6.45, 7) is 1.96. The molecule has 2 aromatic carbocycles. The van der Waals surface area contributed by atoms with Crippen LogP contribution in [0.15, 0.2) is 46.9 Å². The molecule has 3 aromatic rings. The van der Waals surface area contributed by atoms with E-state index in [-0.39, 0.29) is 5.91 Å². The summed E-state index contributed by atoms with van der Waals surface area (Å²) in [5.41, 5.74) is 2.51. The third kappa shape index (κ3) is 5.18. The predicted molar refractivity (Wildman–Crippen MR) is 122 cm³/mol. The number of aryl methyl sites for hydroxylation is 1. The smallest absolute Gasteiger partial charge is 0.250 e. The third-order valence-corrected chi connectivity index (χ3v) is 5.72. The van der Waals surface area contributed by atoms with Gasteiger partial charge in [-0.15, -0.1) is 11.3 Å². The molecule has 0 atom stereocenters. The molecule has 1 amide bonds. The van der Waals surface area contributed by atoms with E-state index in [1.165, 1.54) is 17.4 Å². The molecule has 0 aliphatic heterocycles. The topological polar surface area (TPSA) is 60.5 Å². The van der Waals surface area contributed by atoms with Crippen LogP contribution < -0.4 is 14.8 Å². The number of amides is 1. The maximum Gasteiger partial charge on any atom is 0.250 e. The van der Waals surface area contributed by atoms with Gasteiger partial charge in [0.25, 0.3) is 0 Å². The first-order valence-electron chi connectivity index (χ1n) is 8.55. The van der Waals surface area contributed by atoms with E-state index < -0.39 is 0 Å². The number of hydrogen-bond acceptors (Lipinski definition) is 5. The summed E-state index contributed by atoms with van der Waals surface area (Å²) in [5, 5.41) is 3.98. The van der Waals surface area contributed by atoms with E-state index in [0.717, 1.165) is 26.2 Å². The number of methoxy groups -OCH3 is 2. The Morgan fingerprint density at radius 3 is 2.72 bits per heavy atom. The number of carbonyl (C=O) groups excluding carboxylic acids is 1. The largest absolute Gasteiger partial charge is 0.493 e. The van der Waals surface area contributed by atoms with Crippen LogP contribution in [0.4, 0.5) is 5.13 Å². The molecule has 0 radical (unpaired) electrons. The van der Waals surface area contributed by atoms with Crippen molar-refractivity contribution in [2.45, 2.75) is 6.92 Å². The van der Waals surface area contributed by atoms with Crippen molar-refractivity contribution in [2.24, 2.45) is 0 Å². The molecular formula is C21H18BrClN2O3S. The van der Waals surface area contributed by atoms with Crippen LogP contribution in [0.5, 0.6) is 11.5 Å². The fraction of sp³-hybridized carbons (Fsp3) is 0.143. The number of rotatable bonds is 6. The molecule has 0 spiro atoms. The minimum Gasteiger partial charge on any atom is -0.493 e. The molecular weight excluding hydrogens is 476 g/mol. The number of nitrogens with zero attached hydrogens (tertiary/aromatic N) is 1. The number of halogens is 2. The molecule has 0 aliphatic carbocycles. The van der Waals surface area contributed by atoms with Crippen LogP contribution >= 0.6 is 38.9 Å². The molecule has 29 heavy (non-hydrogen) atoms. The van der Waals surface area contributed by atoms with Crippen LogP contribution in [0.2, 0.25) is 5.02 Å². The van der Waals surface area contributed by atoms with Crippen molar-refractivity contribution in [3.63, 3.8) is 0 Å². The van der Waals surface area contributed by atoms with Gasteiger partial charge in [-0.05, 0) is 58.8 Å². The molecule has 1 heterocycles. The molecule has 5 nitrogen and oxygen atoms in total. The normalized spacial score (nSPS) is 10.9. The summed E-state index contributed by atoms with van der Waals surface area (Å²) in [6, 6.07) is 11.1. The predicted octanol–water partition coefficient (Wildman–Crippen LogP) is 6.20. The summed E-state index contributed by atoms with van der Waals surface area (Å²) in [5.74, 6) is 0.895. The molecule has 0 bridgehead atoms. The van der Waals surface area contributed by atoms with E-state index in [1.54, 1.807) is 26.4 Å². The lowest BCUT2D eigenvalue weighted by Gasteiger charge is -2.10. The first kappa shape index (κ1) is 21.4. The highest BCUT2D eigenvalue weighted by Crippen LogP contribution is 2.36. The van der Waals surface area contributed by atoms with E-state index in [2.05, 4.69) is 26.2 Å².